The maximum atomic E-state index is 13.0. The van der Waals surface area contributed by atoms with Gasteiger partial charge in [-0.3, -0.25) is 19.1 Å². The van der Waals surface area contributed by atoms with Crippen molar-refractivity contribution in [1.29, 1.82) is 0 Å². The summed E-state index contributed by atoms with van der Waals surface area (Å²) in [6.07, 6.45) is 6.02. The minimum absolute atomic E-state index is 0.0769. The number of nitrogens with zero attached hydrogens (tertiary/aromatic N) is 4. The van der Waals surface area contributed by atoms with Crippen LogP contribution in [-0.4, -0.2) is 68.2 Å². The van der Waals surface area contributed by atoms with Gasteiger partial charge in [-0.25, -0.2) is 4.98 Å². The van der Waals surface area contributed by atoms with E-state index in [1.807, 2.05) is 18.7 Å². The van der Waals surface area contributed by atoms with Crippen LogP contribution < -0.4 is 5.56 Å². The Morgan fingerprint density at radius 1 is 1.27 bits per heavy atom. The number of aliphatic hydroxyl groups is 1. The Balaban J connectivity index is 1.39. The minimum Gasteiger partial charge on any atom is -0.388 e. The Hall–Kier alpha value is -1.77. The number of aromatic nitrogens is 2. The van der Waals surface area contributed by atoms with Crippen LogP contribution in [0.1, 0.15) is 49.5 Å². The van der Waals surface area contributed by atoms with E-state index in [4.69, 9.17) is 0 Å². The molecule has 4 heterocycles. The van der Waals surface area contributed by atoms with Crippen molar-refractivity contribution >= 4 is 27.5 Å². The molecule has 1 amide bonds. The topological polar surface area (TPSA) is 78.7 Å². The quantitative estimate of drug-likeness (QED) is 0.802. The second kappa shape index (κ2) is 8.40. The first-order valence-corrected chi connectivity index (χ1v) is 11.8. The van der Waals surface area contributed by atoms with Crippen LogP contribution in [0.15, 0.2) is 11.1 Å². The number of carbonyl (C=O) groups excluding carboxylic acids is 1. The lowest BCUT2D eigenvalue weighted by Crippen LogP contribution is -2.52. The highest BCUT2D eigenvalue weighted by Crippen LogP contribution is 2.27. The van der Waals surface area contributed by atoms with Gasteiger partial charge < -0.3 is 10.0 Å². The molecular weight excluding hydrogens is 400 g/mol. The number of carbonyl (C=O) groups is 1. The Kier molecular flexibility index (Phi) is 6.01. The number of hydrogen-bond acceptors (Lipinski definition) is 6. The normalized spacial score (nSPS) is 22.5. The van der Waals surface area contributed by atoms with Gasteiger partial charge in [0, 0.05) is 30.6 Å². The third kappa shape index (κ3) is 4.18. The number of fused-ring (bicyclic) bond motifs is 1. The molecule has 1 atom stereocenters. The molecule has 1 N–H and O–H groups in total. The van der Waals surface area contributed by atoms with E-state index in [0.717, 1.165) is 34.7 Å². The molecule has 0 spiro atoms. The molecule has 2 fully saturated rings. The van der Waals surface area contributed by atoms with Gasteiger partial charge in [-0.15, -0.1) is 11.3 Å². The third-order valence-corrected chi connectivity index (χ3v) is 8.00. The fraction of sp³-hybridized carbons (Fsp3) is 0.682. The number of amides is 1. The Morgan fingerprint density at radius 3 is 2.70 bits per heavy atom. The van der Waals surface area contributed by atoms with Gasteiger partial charge in [0.15, 0.2) is 0 Å². The first-order chi connectivity index (χ1) is 14.3. The largest absolute Gasteiger partial charge is 0.388 e. The number of thiophene rings is 1. The maximum absolute atomic E-state index is 13.0. The van der Waals surface area contributed by atoms with E-state index in [2.05, 4.69) is 16.8 Å². The smallest absolute Gasteiger partial charge is 0.262 e. The summed E-state index contributed by atoms with van der Waals surface area (Å²) >= 11 is 1.53. The summed E-state index contributed by atoms with van der Waals surface area (Å²) in [5, 5.41) is 11.8. The Morgan fingerprint density at radius 2 is 2.00 bits per heavy atom. The molecule has 0 radical (unpaired) electrons. The van der Waals surface area contributed by atoms with Crippen molar-refractivity contribution in [2.45, 2.75) is 71.1 Å². The van der Waals surface area contributed by atoms with Crippen molar-refractivity contribution in [3.63, 3.8) is 0 Å². The average Bonchev–Trinajstić information content (AvgIpc) is 3.01. The molecule has 2 aromatic heterocycles. The summed E-state index contributed by atoms with van der Waals surface area (Å²) in [7, 11) is 0. The van der Waals surface area contributed by atoms with Crippen molar-refractivity contribution < 1.29 is 9.90 Å². The van der Waals surface area contributed by atoms with Crippen molar-refractivity contribution in [2.75, 3.05) is 26.2 Å². The van der Waals surface area contributed by atoms with Gasteiger partial charge in [0.1, 0.15) is 4.83 Å². The molecule has 2 aromatic rings. The molecule has 0 aromatic carbocycles. The molecule has 0 bridgehead atoms. The standard InChI is InChI=1S/C22H32N4O3S/c1-15-6-4-5-9-26(15)18(27)12-24-10-7-22(29,8-11-24)13-25-14-23-20-19(21(25)28)16(2)17(3)30-20/h14-15,29H,4-13H2,1-3H3/t15-/m1/s1. The molecule has 2 saturated heterocycles. The fourth-order valence-corrected chi connectivity index (χ4v) is 5.72. The lowest BCUT2D eigenvalue weighted by atomic mass is 9.91. The Labute approximate surface area is 181 Å². The van der Waals surface area contributed by atoms with E-state index in [9.17, 15) is 14.7 Å². The number of aryl methyl sites for hydroxylation is 2. The summed E-state index contributed by atoms with van der Waals surface area (Å²) in [4.78, 5) is 36.1. The lowest BCUT2D eigenvalue weighted by molar-refractivity contribution is -0.137. The van der Waals surface area contributed by atoms with Gasteiger partial charge in [-0.2, -0.15) is 0 Å². The highest BCUT2D eigenvalue weighted by molar-refractivity contribution is 7.18. The van der Waals surface area contributed by atoms with Gasteiger partial charge >= 0.3 is 0 Å². The fourth-order valence-electron chi connectivity index (χ4n) is 4.74. The molecule has 0 aliphatic carbocycles. The van der Waals surface area contributed by atoms with Crippen molar-refractivity contribution in [2.24, 2.45) is 0 Å². The Bertz CT molecular complexity index is 990. The van der Waals surface area contributed by atoms with Crippen LogP contribution >= 0.6 is 11.3 Å². The summed E-state index contributed by atoms with van der Waals surface area (Å²) in [6, 6.07) is 0.325. The molecule has 2 aliphatic heterocycles. The van der Waals surface area contributed by atoms with Crippen molar-refractivity contribution in [3.8, 4) is 0 Å². The summed E-state index contributed by atoms with van der Waals surface area (Å²) in [5.41, 5.74) is -0.0445. The molecule has 0 saturated carbocycles. The zero-order valence-corrected chi connectivity index (χ0v) is 19.0. The van der Waals surface area contributed by atoms with Crippen LogP contribution in [0.4, 0.5) is 0 Å². The summed E-state index contributed by atoms with van der Waals surface area (Å²) in [6.45, 7) is 8.92. The van der Waals surface area contributed by atoms with Crippen LogP contribution in [0.5, 0.6) is 0 Å². The van der Waals surface area contributed by atoms with Gasteiger partial charge in [0.2, 0.25) is 5.91 Å². The molecule has 8 heteroatoms. The molecule has 164 valence electrons. The molecule has 4 rings (SSSR count). The number of rotatable bonds is 4. The van der Waals surface area contributed by atoms with Gasteiger partial charge in [-0.05, 0) is 58.4 Å². The summed E-state index contributed by atoms with van der Waals surface area (Å²) < 4.78 is 1.55. The van der Waals surface area contributed by atoms with Crippen LogP contribution in [0.3, 0.4) is 0 Å². The van der Waals surface area contributed by atoms with Gasteiger partial charge in [0.25, 0.3) is 5.56 Å². The van der Waals surface area contributed by atoms with Crippen LogP contribution in [0, 0.1) is 13.8 Å². The third-order valence-electron chi connectivity index (χ3n) is 6.89. The predicted molar refractivity (Wildman–Crippen MR) is 119 cm³/mol. The number of hydrogen-bond donors (Lipinski definition) is 1. The first kappa shape index (κ1) is 21.5. The van der Waals surface area contributed by atoms with Crippen LogP contribution in [0.2, 0.25) is 0 Å². The van der Waals surface area contributed by atoms with E-state index in [1.54, 1.807) is 10.9 Å². The molecular formula is C22H32N4O3S. The van der Waals surface area contributed by atoms with E-state index in [-0.39, 0.29) is 18.0 Å². The van der Waals surface area contributed by atoms with Crippen LogP contribution in [0.25, 0.3) is 10.2 Å². The summed E-state index contributed by atoms with van der Waals surface area (Å²) in [5.74, 6) is 0.196. The van der Waals surface area contributed by atoms with E-state index >= 15 is 0 Å². The van der Waals surface area contributed by atoms with E-state index < -0.39 is 5.60 Å². The molecule has 30 heavy (non-hydrogen) atoms. The highest BCUT2D eigenvalue weighted by atomic mass is 32.1. The lowest BCUT2D eigenvalue weighted by Gasteiger charge is -2.40. The predicted octanol–water partition coefficient (Wildman–Crippen LogP) is 2.30. The van der Waals surface area contributed by atoms with Gasteiger partial charge in [0.05, 0.1) is 30.4 Å². The zero-order valence-electron chi connectivity index (χ0n) is 18.2. The first-order valence-electron chi connectivity index (χ1n) is 11.0. The zero-order chi connectivity index (χ0) is 21.5. The van der Waals surface area contributed by atoms with E-state index in [1.165, 1.54) is 17.8 Å². The van der Waals surface area contributed by atoms with E-state index in [0.29, 0.717) is 43.9 Å². The van der Waals surface area contributed by atoms with Gasteiger partial charge in [-0.1, -0.05) is 0 Å². The molecule has 0 unspecified atom stereocenters. The monoisotopic (exact) mass is 432 g/mol. The molecule has 7 nitrogen and oxygen atoms in total. The second-order valence-corrected chi connectivity index (χ2v) is 10.3. The molecule has 2 aliphatic rings. The van der Waals surface area contributed by atoms with Crippen LogP contribution in [-0.2, 0) is 11.3 Å². The minimum atomic E-state index is -0.948. The van der Waals surface area contributed by atoms with Crippen molar-refractivity contribution in [1.82, 2.24) is 19.4 Å². The second-order valence-electron chi connectivity index (χ2n) is 9.07. The highest BCUT2D eigenvalue weighted by Gasteiger charge is 2.35. The number of likely N-dealkylation sites (tertiary alicyclic amines) is 2. The average molecular weight is 433 g/mol. The SMILES string of the molecule is Cc1sc2ncn(CC3(O)CCN(CC(=O)N4CCCC[C@H]4C)CC3)c(=O)c2c1C. The maximum Gasteiger partial charge on any atom is 0.262 e. The number of piperidine rings is 2. The van der Waals surface area contributed by atoms with Crippen molar-refractivity contribution in [3.05, 3.63) is 27.1 Å².